The van der Waals surface area contributed by atoms with Crippen molar-refractivity contribution in [2.75, 3.05) is 6.61 Å². The molecule has 0 bridgehead atoms. The molecule has 4 heteroatoms. The van der Waals surface area contributed by atoms with Crippen LogP contribution in [-0.4, -0.2) is 16.8 Å². The van der Waals surface area contributed by atoms with Crippen molar-refractivity contribution in [3.05, 3.63) is 65.7 Å². The number of rotatable bonds is 5. The second-order valence-corrected chi connectivity index (χ2v) is 5.67. The van der Waals surface area contributed by atoms with E-state index in [0.29, 0.717) is 17.9 Å². The average Bonchev–Trinajstić information content (AvgIpc) is 2.48. The molecule has 2 rings (SSSR count). The Balaban J connectivity index is 2.12. The van der Waals surface area contributed by atoms with Crippen LogP contribution in [-0.2, 0) is 21.3 Å². The van der Waals surface area contributed by atoms with Crippen LogP contribution in [0.25, 0.3) is 0 Å². The maximum atomic E-state index is 12.2. The third kappa shape index (κ3) is 3.78. The van der Waals surface area contributed by atoms with Crippen molar-refractivity contribution in [3.8, 4) is 0 Å². The Morgan fingerprint density at radius 1 is 1.10 bits per heavy atom. The average molecular weight is 288 g/mol. The van der Waals surface area contributed by atoms with E-state index in [1.165, 1.54) is 0 Å². The highest BCUT2D eigenvalue weighted by Gasteiger charge is 2.09. The van der Waals surface area contributed by atoms with Crippen molar-refractivity contribution >= 4 is 16.8 Å². The molecule has 1 atom stereocenters. The molecule has 0 aliphatic rings. The second kappa shape index (κ2) is 7.01. The molecule has 0 saturated carbocycles. The Hall–Kier alpha value is -1.94. The fourth-order valence-corrected chi connectivity index (χ4v) is 2.92. The monoisotopic (exact) mass is 288 g/mol. The van der Waals surface area contributed by atoms with Gasteiger partial charge in [-0.15, -0.1) is 0 Å². The fraction of sp³-hybridized carbons (Fsp3) is 0.188. The van der Waals surface area contributed by atoms with Crippen LogP contribution >= 0.6 is 0 Å². The van der Waals surface area contributed by atoms with E-state index in [4.69, 9.17) is 4.74 Å². The van der Waals surface area contributed by atoms with Crippen LogP contribution < -0.4 is 0 Å². The number of benzene rings is 2. The van der Waals surface area contributed by atoms with Crippen molar-refractivity contribution in [1.29, 1.82) is 0 Å². The molecule has 2 aromatic rings. The topological polar surface area (TPSA) is 43.4 Å². The van der Waals surface area contributed by atoms with Gasteiger partial charge in [-0.05, 0) is 36.8 Å². The highest BCUT2D eigenvalue weighted by molar-refractivity contribution is 7.84. The largest absolute Gasteiger partial charge is 0.462 e. The molecule has 0 radical (unpaired) electrons. The number of ether oxygens (including phenoxy) is 1. The Labute approximate surface area is 121 Å². The molecule has 2 aromatic carbocycles. The van der Waals surface area contributed by atoms with Gasteiger partial charge in [-0.1, -0.05) is 30.3 Å². The van der Waals surface area contributed by atoms with Crippen molar-refractivity contribution in [2.24, 2.45) is 0 Å². The summed E-state index contributed by atoms with van der Waals surface area (Å²) in [6.07, 6.45) is 0. The highest BCUT2D eigenvalue weighted by atomic mass is 32.2. The minimum atomic E-state index is -1.11. The van der Waals surface area contributed by atoms with Gasteiger partial charge in [0.15, 0.2) is 0 Å². The lowest BCUT2D eigenvalue weighted by Crippen LogP contribution is -2.05. The van der Waals surface area contributed by atoms with Crippen LogP contribution in [0.15, 0.2) is 59.5 Å². The summed E-state index contributed by atoms with van der Waals surface area (Å²) in [5, 5.41) is 0. The Kier molecular flexibility index (Phi) is 5.07. The summed E-state index contributed by atoms with van der Waals surface area (Å²) >= 11 is 0. The minimum absolute atomic E-state index is 0.346. The van der Waals surface area contributed by atoms with Gasteiger partial charge in [-0.3, -0.25) is 4.21 Å². The zero-order chi connectivity index (χ0) is 14.4. The predicted octanol–water partition coefficient (Wildman–Crippen LogP) is 3.17. The molecule has 0 saturated heterocycles. The van der Waals surface area contributed by atoms with E-state index < -0.39 is 10.8 Å². The smallest absolute Gasteiger partial charge is 0.338 e. The Morgan fingerprint density at radius 3 is 2.55 bits per heavy atom. The first-order chi connectivity index (χ1) is 9.70. The maximum Gasteiger partial charge on any atom is 0.338 e. The van der Waals surface area contributed by atoms with Crippen LogP contribution in [0.3, 0.4) is 0 Å². The van der Waals surface area contributed by atoms with E-state index in [1.807, 2.05) is 36.4 Å². The Bertz CT molecular complexity index is 608. The molecule has 0 unspecified atom stereocenters. The zero-order valence-corrected chi connectivity index (χ0v) is 12.1. The normalized spacial score (nSPS) is 11.8. The SMILES string of the molecule is CCOC(=O)c1cccc(C[S@@](=O)c2ccccc2)c1. The molecule has 0 aliphatic heterocycles. The summed E-state index contributed by atoms with van der Waals surface area (Å²) < 4.78 is 17.2. The summed E-state index contributed by atoms with van der Waals surface area (Å²) in [6, 6.07) is 16.4. The van der Waals surface area contributed by atoms with Gasteiger partial charge in [0, 0.05) is 4.90 Å². The molecule has 0 N–H and O–H groups in total. The van der Waals surface area contributed by atoms with E-state index >= 15 is 0 Å². The Morgan fingerprint density at radius 2 is 1.85 bits per heavy atom. The van der Waals surface area contributed by atoms with Crippen LogP contribution in [0.1, 0.15) is 22.8 Å². The van der Waals surface area contributed by atoms with Crippen LogP contribution in [0, 0.1) is 0 Å². The summed E-state index contributed by atoms with van der Waals surface area (Å²) in [5.41, 5.74) is 1.35. The molecular formula is C16H16O3S. The molecule has 0 aliphatic carbocycles. The van der Waals surface area contributed by atoms with E-state index in [0.717, 1.165) is 10.5 Å². The van der Waals surface area contributed by atoms with E-state index in [-0.39, 0.29) is 5.97 Å². The zero-order valence-electron chi connectivity index (χ0n) is 11.2. The van der Waals surface area contributed by atoms with Crippen molar-refractivity contribution in [3.63, 3.8) is 0 Å². The maximum absolute atomic E-state index is 12.2. The number of hydrogen-bond donors (Lipinski definition) is 0. The third-order valence-corrected chi connectivity index (χ3v) is 4.14. The minimum Gasteiger partial charge on any atom is -0.462 e. The van der Waals surface area contributed by atoms with Crippen LogP contribution in [0.2, 0.25) is 0 Å². The molecule has 3 nitrogen and oxygen atoms in total. The fourth-order valence-electron chi connectivity index (χ4n) is 1.81. The first kappa shape index (κ1) is 14.5. The number of carbonyl (C=O) groups excluding carboxylic acids is 1. The van der Waals surface area contributed by atoms with Gasteiger partial charge in [-0.25, -0.2) is 4.79 Å². The van der Waals surface area contributed by atoms with Crippen molar-refractivity contribution in [1.82, 2.24) is 0 Å². The van der Waals surface area contributed by atoms with Gasteiger partial charge in [0.25, 0.3) is 0 Å². The van der Waals surface area contributed by atoms with E-state index in [9.17, 15) is 9.00 Å². The molecule has 0 fully saturated rings. The summed E-state index contributed by atoms with van der Waals surface area (Å²) in [4.78, 5) is 12.4. The van der Waals surface area contributed by atoms with E-state index in [1.54, 1.807) is 25.1 Å². The molecule has 0 aromatic heterocycles. The van der Waals surface area contributed by atoms with Gasteiger partial charge < -0.3 is 4.74 Å². The third-order valence-electron chi connectivity index (χ3n) is 2.74. The lowest BCUT2D eigenvalue weighted by Gasteiger charge is -2.05. The molecule has 0 heterocycles. The second-order valence-electron chi connectivity index (χ2n) is 4.22. The van der Waals surface area contributed by atoms with Gasteiger partial charge in [0.05, 0.1) is 28.7 Å². The van der Waals surface area contributed by atoms with Crippen LogP contribution in [0.5, 0.6) is 0 Å². The standard InChI is InChI=1S/C16H16O3S/c1-2-19-16(17)14-8-6-7-13(11-14)12-20(18)15-9-4-3-5-10-15/h3-11H,2,12H2,1H3/t20-/m1/s1. The van der Waals surface area contributed by atoms with Crippen molar-refractivity contribution in [2.45, 2.75) is 17.6 Å². The first-order valence-electron chi connectivity index (χ1n) is 6.40. The molecule has 0 spiro atoms. The molecule has 104 valence electrons. The predicted molar refractivity (Wildman–Crippen MR) is 79.0 cm³/mol. The molecule has 20 heavy (non-hydrogen) atoms. The highest BCUT2D eigenvalue weighted by Crippen LogP contribution is 2.14. The van der Waals surface area contributed by atoms with Gasteiger partial charge in [0.1, 0.15) is 0 Å². The quantitative estimate of drug-likeness (QED) is 0.794. The number of hydrogen-bond acceptors (Lipinski definition) is 3. The number of carbonyl (C=O) groups is 1. The molecular weight excluding hydrogens is 272 g/mol. The van der Waals surface area contributed by atoms with Gasteiger partial charge in [-0.2, -0.15) is 0 Å². The van der Waals surface area contributed by atoms with Gasteiger partial charge >= 0.3 is 5.97 Å². The first-order valence-corrected chi connectivity index (χ1v) is 7.72. The van der Waals surface area contributed by atoms with Crippen LogP contribution in [0.4, 0.5) is 0 Å². The summed E-state index contributed by atoms with van der Waals surface area (Å²) in [7, 11) is -1.11. The summed E-state index contributed by atoms with van der Waals surface area (Å²) in [5.74, 6) is 0.0388. The lowest BCUT2D eigenvalue weighted by molar-refractivity contribution is 0.0526. The molecule has 0 amide bonds. The van der Waals surface area contributed by atoms with Gasteiger partial charge in [0.2, 0.25) is 0 Å². The van der Waals surface area contributed by atoms with E-state index in [2.05, 4.69) is 0 Å². The van der Waals surface area contributed by atoms with Crippen molar-refractivity contribution < 1.29 is 13.7 Å². The lowest BCUT2D eigenvalue weighted by atomic mass is 10.1. The number of esters is 1. The summed E-state index contributed by atoms with van der Waals surface area (Å²) in [6.45, 7) is 2.12.